The van der Waals surface area contributed by atoms with E-state index in [1.54, 1.807) is 6.92 Å². The highest BCUT2D eigenvalue weighted by molar-refractivity contribution is 7.80. The first-order valence-corrected chi connectivity index (χ1v) is 6.20. The molecule has 0 saturated carbocycles. The molecule has 1 aromatic carbocycles. The van der Waals surface area contributed by atoms with Gasteiger partial charge in [-0.05, 0) is 31.9 Å². The largest absolute Gasteiger partial charge is 0.392 e. The molecule has 0 spiro atoms. The van der Waals surface area contributed by atoms with E-state index in [0.717, 1.165) is 6.07 Å². The SMILES string of the molecule is CCC(C)(C(=O)Nc1c(F)ccc(C)c1F)C(N)=S. The number of halogens is 2. The number of nitrogens with two attached hydrogens (primary N) is 1. The highest BCUT2D eigenvalue weighted by atomic mass is 32.1. The Morgan fingerprint density at radius 3 is 2.53 bits per heavy atom. The van der Waals surface area contributed by atoms with E-state index in [0.29, 0.717) is 6.42 Å². The lowest BCUT2D eigenvalue weighted by atomic mass is 9.86. The van der Waals surface area contributed by atoms with Crippen molar-refractivity contribution in [2.75, 3.05) is 5.32 Å². The topological polar surface area (TPSA) is 55.1 Å². The molecule has 1 aromatic rings. The van der Waals surface area contributed by atoms with Crippen LogP contribution in [-0.4, -0.2) is 10.9 Å². The van der Waals surface area contributed by atoms with Gasteiger partial charge in [0.2, 0.25) is 5.91 Å². The van der Waals surface area contributed by atoms with E-state index in [4.69, 9.17) is 18.0 Å². The van der Waals surface area contributed by atoms with Crippen LogP contribution in [0.25, 0.3) is 0 Å². The highest BCUT2D eigenvalue weighted by Gasteiger charge is 2.35. The van der Waals surface area contributed by atoms with Gasteiger partial charge in [0, 0.05) is 0 Å². The minimum atomic E-state index is -1.14. The zero-order chi connectivity index (χ0) is 14.8. The Bertz CT molecular complexity index is 534. The van der Waals surface area contributed by atoms with Crippen LogP contribution >= 0.6 is 12.2 Å². The quantitative estimate of drug-likeness (QED) is 0.837. The molecule has 1 amide bonds. The number of hydrogen-bond acceptors (Lipinski definition) is 2. The molecule has 3 nitrogen and oxygen atoms in total. The summed E-state index contributed by atoms with van der Waals surface area (Å²) in [5, 5.41) is 2.24. The van der Waals surface area contributed by atoms with Crippen LogP contribution in [0.4, 0.5) is 14.5 Å². The van der Waals surface area contributed by atoms with Gasteiger partial charge in [-0.1, -0.05) is 25.2 Å². The first kappa shape index (κ1) is 15.5. The summed E-state index contributed by atoms with van der Waals surface area (Å²) in [5.41, 5.74) is 4.15. The molecule has 0 heterocycles. The van der Waals surface area contributed by atoms with Crippen LogP contribution in [0.3, 0.4) is 0 Å². The molecule has 0 aliphatic heterocycles. The lowest BCUT2D eigenvalue weighted by molar-refractivity contribution is -0.121. The lowest BCUT2D eigenvalue weighted by Crippen LogP contribution is -2.43. The molecule has 0 fully saturated rings. The third kappa shape index (κ3) is 2.89. The van der Waals surface area contributed by atoms with E-state index < -0.39 is 28.6 Å². The molecule has 0 aliphatic rings. The molecule has 0 aliphatic carbocycles. The molecular weight excluding hydrogens is 270 g/mol. The fraction of sp³-hybridized carbons (Fsp3) is 0.385. The summed E-state index contributed by atoms with van der Waals surface area (Å²) >= 11 is 4.84. The number of benzene rings is 1. The van der Waals surface area contributed by atoms with Gasteiger partial charge in [0.05, 0.1) is 10.4 Å². The van der Waals surface area contributed by atoms with E-state index >= 15 is 0 Å². The minimum Gasteiger partial charge on any atom is -0.392 e. The molecule has 1 unspecified atom stereocenters. The maximum Gasteiger partial charge on any atom is 0.237 e. The summed E-state index contributed by atoms with van der Waals surface area (Å²) < 4.78 is 27.4. The van der Waals surface area contributed by atoms with Gasteiger partial charge in [0.1, 0.15) is 11.5 Å². The third-order valence-corrected chi connectivity index (χ3v) is 3.73. The van der Waals surface area contributed by atoms with Crippen molar-refractivity contribution in [3.8, 4) is 0 Å². The third-order valence-electron chi connectivity index (χ3n) is 3.27. The van der Waals surface area contributed by atoms with Crippen molar-refractivity contribution in [3.05, 3.63) is 29.3 Å². The fourth-order valence-electron chi connectivity index (χ4n) is 1.47. The summed E-state index contributed by atoms with van der Waals surface area (Å²) in [6.07, 6.45) is 0.337. The number of carbonyl (C=O) groups is 1. The van der Waals surface area contributed by atoms with Crippen LogP contribution in [0.2, 0.25) is 0 Å². The minimum absolute atomic E-state index is 0.0130. The van der Waals surface area contributed by atoms with E-state index in [1.807, 2.05) is 0 Å². The smallest absolute Gasteiger partial charge is 0.237 e. The molecule has 104 valence electrons. The van der Waals surface area contributed by atoms with Crippen LogP contribution < -0.4 is 11.1 Å². The molecule has 19 heavy (non-hydrogen) atoms. The molecular formula is C13H16F2N2OS. The molecule has 0 bridgehead atoms. The summed E-state index contributed by atoms with van der Waals surface area (Å²) in [4.78, 5) is 12.1. The Kier molecular flexibility index (Phi) is 4.57. The van der Waals surface area contributed by atoms with E-state index in [1.165, 1.54) is 19.9 Å². The van der Waals surface area contributed by atoms with Crippen LogP contribution in [0.15, 0.2) is 12.1 Å². The van der Waals surface area contributed by atoms with E-state index in [9.17, 15) is 13.6 Å². The van der Waals surface area contributed by atoms with Crippen LogP contribution in [0.5, 0.6) is 0 Å². The molecule has 0 aromatic heterocycles. The summed E-state index contributed by atoms with van der Waals surface area (Å²) in [5.74, 6) is -2.25. The van der Waals surface area contributed by atoms with Crippen LogP contribution in [0, 0.1) is 24.0 Å². The Hall–Kier alpha value is -1.56. The predicted octanol–water partition coefficient (Wildman–Crippen LogP) is 2.91. The predicted molar refractivity (Wildman–Crippen MR) is 74.9 cm³/mol. The second-order valence-corrected chi connectivity index (χ2v) is 5.00. The van der Waals surface area contributed by atoms with Crippen molar-refractivity contribution in [2.24, 2.45) is 11.1 Å². The van der Waals surface area contributed by atoms with Crippen molar-refractivity contribution in [3.63, 3.8) is 0 Å². The van der Waals surface area contributed by atoms with Crippen molar-refractivity contribution in [2.45, 2.75) is 27.2 Å². The second-order valence-electron chi connectivity index (χ2n) is 4.56. The first-order valence-electron chi connectivity index (χ1n) is 5.80. The zero-order valence-corrected chi connectivity index (χ0v) is 11.8. The summed E-state index contributed by atoms with van der Waals surface area (Å²) in [6.45, 7) is 4.75. The number of nitrogens with one attached hydrogen (secondary N) is 1. The average Bonchev–Trinajstić information content (AvgIpc) is 2.37. The number of aryl methyl sites for hydroxylation is 1. The fourth-order valence-corrected chi connectivity index (χ4v) is 1.71. The molecule has 0 radical (unpaired) electrons. The van der Waals surface area contributed by atoms with Gasteiger partial charge in [-0.25, -0.2) is 8.78 Å². The van der Waals surface area contributed by atoms with Gasteiger partial charge >= 0.3 is 0 Å². The number of amides is 1. The second kappa shape index (κ2) is 5.61. The Labute approximate surface area is 116 Å². The number of hydrogen-bond donors (Lipinski definition) is 2. The number of thiocarbonyl (C=S) groups is 1. The lowest BCUT2D eigenvalue weighted by Gasteiger charge is -2.25. The molecule has 0 saturated heterocycles. The van der Waals surface area contributed by atoms with Crippen molar-refractivity contribution >= 4 is 28.8 Å². The molecule has 6 heteroatoms. The average molecular weight is 286 g/mol. The highest BCUT2D eigenvalue weighted by Crippen LogP contribution is 2.27. The van der Waals surface area contributed by atoms with Crippen LogP contribution in [-0.2, 0) is 4.79 Å². The Morgan fingerprint density at radius 1 is 1.47 bits per heavy atom. The van der Waals surface area contributed by atoms with Gasteiger partial charge in [-0.2, -0.15) is 0 Å². The number of carbonyl (C=O) groups excluding carboxylic acids is 1. The Balaban J connectivity index is 3.14. The van der Waals surface area contributed by atoms with Gasteiger partial charge in [0.15, 0.2) is 5.82 Å². The van der Waals surface area contributed by atoms with Gasteiger partial charge < -0.3 is 11.1 Å². The number of rotatable bonds is 4. The van der Waals surface area contributed by atoms with Crippen molar-refractivity contribution in [1.82, 2.24) is 0 Å². The zero-order valence-electron chi connectivity index (χ0n) is 11.0. The first-order chi connectivity index (χ1) is 8.74. The van der Waals surface area contributed by atoms with E-state index in [-0.39, 0.29) is 10.6 Å². The van der Waals surface area contributed by atoms with Gasteiger partial charge in [0.25, 0.3) is 0 Å². The monoisotopic (exact) mass is 286 g/mol. The van der Waals surface area contributed by atoms with Crippen molar-refractivity contribution < 1.29 is 13.6 Å². The van der Waals surface area contributed by atoms with Crippen molar-refractivity contribution in [1.29, 1.82) is 0 Å². The number of anilines is 1. The molecule has 3 N–H and O–H groups in total. The van der Waals surface area contributed by atoms with E-state index in [2.05, 4.69) is 5.32 Å². The maximum absolute atomic E-state index is 13.8. The Morgan fingerprint density at radius 2 is 2.05 bits per heavy atom. The van der Waals surface area contributed by atoms with Gasteiger partial charge in [-0.15, -0.1) is 0 Å². The summed E-state index contributed by atoms with van der Waals surface area (Å²) in [7, 11) is 0. The van der Waals surface area contributed by atoms with Crippen LogP contribution in [0.1, 0.15) is 25.8 Å². The normalized spacial score (nSPS) is 13.7. The molecule has 1 rings (SSSR count). The molecule has 1 atom stereocenters. The standard InChI is InChI=1S/C13H16F2N2OS/c1-4-13(3,11(16)19)12(18)17-10-8(14)6-5-7(2)9(10)15/h5-6H,4H2,1-3H3,(H2,16,19)(H,17,18). The summed E-state index contributed by atoms with van der Waals surface area (Å²) in [6, 6.07) is 2.39. The maximum atomic E-state index is 13.8. The van der Waals surface area contributed by atoms with Gasteiger partial charge in [-0.3, -0.25) is 4.79 Å².